The van der Waals surface area contributed by atoms with Gasteiger partial charge in [0.1, 0.15) is 17.1 Å². The number of anilines is 1. The maximum absolute atomic E-state index is 11.6. The van der Waals surface area contributed by atoms with E-state index in [0.29, 0.717) is 10.8 Å². The van der Waals surface area contributed by atoms with Crippen molar-refractivity contribution in [3.05, 3.63) is 46.4 Å². The molecule has 25 heavy (non-hydrogen) atoms. The molecule has 0 atom stereocenters. The topological polar surface area (TPSA) is 116 Å². The number of amides is 1. The van der Waals surface area contributed by atoms with Crippen molar-refractivity contribution >= 4 is 44.9 Å². The Labute approximate surface area is 153 Å². The molecule has 2 rings (SSSR count). The molecule has 0 saturated carbocycles. The molecule has 2 N–H and O–H groups in total. The highest BCUT2D eigenvalue weighted by Crippen LogP contribution is 2.36. The Kier molecular flexibility index (Phi) is 5.87. The number of nitrogens with one attached hydrogen (secondary N) is 1. The van der Waals surface area contributed by atoms with E-state index < -0.39 is 27.3 Å². The zero-order valence-electron chi connectivity index (χ0n) is 12.4. The average Bonchev–Trinajstić information content (AvgIpc) is 2.51. The number of hydrogen-bond donors (Lipinski definition) is 2. The Morgan fingerprint density at radius 1 is 1.24 bits per heavy atom. The molecule has 0 heterocycles. The van der Waals surface area contributed by atoms with Gasteiger partial charge < -0.3 is 10.1 Å². The van der Waals surface area contributed by atoms with Crippen molar-refractivity contribution in [1.29, 1.82) is 5.26 Å². The van der Waals surface area contributed by atoms with Crippen LogP contribution < -0.4 is 10.1 Å². The maximum Gasteiger partial charge on any atom is 0.296 e. The van der Waals surface area contributed by atoms with Crippen LogP contribution >= 0.6 is 23.2 Å². The Morgan fingerprint density at radius 3 is 2.44 bits per heavy atom. The molecule has 0 unspecified atom stereocenters. The van der Waals surface area contributed by atoms with Crippen LogP contribution in [0.15, 0.2) is 41.3 Å². The number of carbonyl (C=O) groups excluding carboxylic acids is 1. The molecule has 0 aliphatic rings. The summed E-state index contributed by atoms with van der Waals surface area (Å²) in [6.45, 7) is 0. The summed E-state index contributed by atoms with van der Waals surface area (Å²) in [6, 6.07) is 9.88. The fraction of sp³-hybridized carbons (Fsp3) is 0.0667. The van der Waals surface area contributed by atoms with Crippen LogP contribution in [0.3, 0.4) is 0 Å². The third-order valence-corrected chi connectivity index (χ3v) is 4.44. The lowest BCUT2D eigenvalue weighted by molar-refractivity contribution is -0.115. The van der Waals surface area contributed by atoms with Gasteiger partial charge in [-0.25, -0.2) is 0 Å². The quantitative estimate of drug-likeness (QED) is 0.735. The first-order valence-corrected chi connectivity index (χ1v) is 8.81. The van der Waals surface area contributed by atoms with Crippen molar-refractivity contribution < 1.29 is 22.5 Å². The second kappa shape index (κ2) is 7.72. The second-order valence-electron chi connectivity index (χ2n) is 4.69. The van der Waals surface area contributed by atoms with Crippen LogP contribution in [0.1, 0.15) is 6.42 Å². The standard InChI is InChI=1S/C15H10Cl2N2O5S/c16-9-1-3-10(4-2-9)24-13-8-14(25(21,22)23)11(17)7-12(13)19-15(20)5-6-18/h1-4,7-8H,5H2,(H,19,20)(H,21,22,23). The summed E-state index contributed by atoms with van der Waals surface area (Å²) < 4.78 is 37.6. The molecule has 1 amide bonds. The average molecular weight is 401 g/mol. The van der Waals surface area contributed by atoms with Crippen LogP contribution in [-0.2, 0) is 14.9 Å². The van der Waals surface area contributed by atoms with E-state index in [1.54, 1.807) is 18.2 Å². The molecule has 0 aliphatic carbocycles. The molecule has 0 spiro atoms. The van der Waals surface area contributed by atoms with Crippen LogP contribution in [0.25, 0.3) is 0 Å². The minimum atomic E-state index is -4.61. The third-order valence-electron chi connectivity index (χ3n) is 2.87. The number of rotatable bonds is 5. The van der Waals surface area contributed by atoms with Gasteiger partial charge in [0.05, 0.1) is 16.8 Å². The first-order valence-electron chi connectivity index (χ1n) is 6.62. The van der Waals surface area contributed by atoms with Crippen molar-refractivity contribution in [2.24, 2.45) is 0 Å². The van der Waals surface area contributed by atoms with E-state index in [1.807, 2.05) is 0 Å². The van der Waals surface area contributed by atoms with E-state index in [-0.39, 0.29) is 16.5 Å². The van der Waals surface area contributed by atoms with Crippen molar-refractivity contribution in [3.63, 3.8) is 0 Å². The van der Waals surface area contributed by atoms with E-state index in [9.17, 15) is 17.8 Å². The largest absolute Gasteiger partial charge is 0.455 e. The molecular weight excluding hydrogens is 391 g/mol. The number of ether oxygens (including phenoxy) is 1. The Bertz CT molecular complexity index is 953. The van der Waals surface area contributed by atoms with Crippen molar-refractivity contribution in [2.75, 3.05) is 5.32 Å². The molecular formula is C15H10Cl2N2O5S. The predicted octanol–water partition coefficient (Wildman–Crippen LogP) is 3.88. The van der Waals surface area contributed by atoms with Crippen molar-refractivity contribution in [1.82, 2.24) is 0 Å². The molecule has 7 nitrogen and oxygen atoms in total. The maximum atomic E-state index is 11.6. The number of halogens is 2. The van der Waals surface area contributed by atoms with E-state index in [1.165, 1.54) is 12.1 Å². The monoisotopic (exact) mass is 400 g/mol. The molecule has 0 saturated heterocycles. The Morgan fingerprint density at radius 2 is 1.88 bits per heavy atom. The van der Waals surface area contributed by atoms with Gasteiger partial charge in [0.2, 0.25) is 5.91 Å². The molecule has 2 aromatic rings. The molecule has 0 aliphatic heterocycles. The highest BCUT2D eigenvalue weighted by molar-refractivity contribution is 7.86. The number of hydrogen-bond acceptors (Lipinski definition) is 5. The van der Waals surface area contributed by atoms with Gasteiger partial charge in [-0.2, -0.15) is 13.7 Å². The predicted molar refractivity (Wildman–Crippen MR) is 91.7 cm³/mol. The number of nitrogens with zero attached hydrogens (tertiary/aromatic N) is 1. The highest BCUT2D eigenvalue weighted by Gasteiger charge is 2.20. The lowest BCUT2D eigenvalue weighted by atomic mass is 10.2. The minimum Gasteiger partial charge on any atom is -0.455 e. The van der Waals surface area contributed by atoms with Crippen LogP contribution in [-0.4, -0.2) is 18.9 Å². The number of benzene rings is 2. The summed E-state index contributed by atoms with van der Waals surface area (Å²) in [5.41, 5.74) is 0.0348. The van der Waals surface area contributed by atoms with Crippen molar-refractivity contribution in [2.45, 2.75) is 11.3 Å². The zero-order valence-corrected chi connectivity index (χ0v) is 14.7. The zero-order chi connectivity index (χ0) is 18.6. The van der Waals surface area contributed by atoms with Crippen LogP contribution in [0, 0.1) is 11.3 Å². The summed E-state index contributed by atoms with van der Waals surface area (Å²) in [5.74, 6) is -0.437. The van der Waals surface area contributed by atoms with E-state index in [2.05, 4.69) is 5.32 Å². The smallest absolute Gasteiger partial charge is 0.296 e. The van der Waals surface area contributed by atoms with Gasteiger partial charge in [0.25, 0.3) is 10.1 Å². The van der Waals surface area contributed by atoms with Gasteiger partial charge in [-0.1, -0.05) is 23.2 Å². The number of nitriles is 1. The van der Waals surface area contributed by atoms with E-state index >= 15 is 0 Å². The highest BCUT2D eigenvalue weighted by atomic mass is 35.5. The van der Waals surface area contributed by atoms with E-state index in [4.69, 9.17) is 33.2 Å². The second-order valence-corrected chi connectivity index (χ2v) is 6.93. The fourth-order valence-electron chi connectivity index (χ4n) is 1.81. The normalized spacial score (nSPS) is 10.8. The third kappa shape index (κ3) is 5.08. The number of carbonyl (C=O) groups is 1. The lowest BCUT2D eigenvalue weighted by Gasteiger charge is -2.14. The van der Waals surface area contributed by atoms with Crippen LogP contribution in [0.5, 0.6) is 11.5 Å². The van der Waals surface area contributed by atoms with Crippen molar-refractivity contribution in [3.8, 4) is 17.6 Å². The lowest BCUT2D eigenvalue weighted by Crippen LogP contribution is -2.11. The van der Waals surface area contributed by atoms with Gasteiger partial charge in [-0.05, 0) is 30.3 Å². The summed E-state index contributed by atoms with van der Waals surface area (Å²) in [6.07, 6.45) is -0.419. The molecule has 10 heteroatoms. The van der Waals surface area contributed by atoms with Crippen LogP contribution in [0.4, 0.5) is 5.69 Å². The minimum absolute atomic E-state index is 0.0348. The summed E-state index contributed by atoms with van der Waals surface area (Å²) in [4.78, 5) is 11.1. The Balaban J connectivity index is 2.50. The molecule has 130 valence electrons. The van der Waals surface area contributed by atoms with Gasteiger partial charge in [0, 0.05) is 11.1 Å². The Hall–Kier alpha value is -2.31. The summed E-state index contributed by atoms with van der Waals surface area (Å²) in [5, 5.41) is 11.1. The summed E-state index contributed by atoms with van der Waals surface area (Å²) >= 11 is 11.6. The summed E-state index contributed by atoms with van der Waals surface area (Å²) in [7, 11) is -4.61. The van der Waals surface area contributed by atoms with Crippen LogP contribution in [0.2, 0.25) is 10.0 Å². The van der Waals surface area contributed by atoms with Gasteiger partial charge in [-0.3, -0.25) is 9.35 Å². The molecule has 0 radical (unpaired) electrons. The van der Waals surface area contributed by atoms with Gasteiger partial charge in [0.15, 0.2) is 5.75 Å². The molecule has 0 aromatic heterocycles. The first kappa shape index (κ1) is 19.0. The molecule has 2 aromatic carbocycles. The van der Waals surface area contributed by atoms with Gasteiger partial charge >= 0.3 is 0 Å². The fourth-order valence-corrected chi connectivity index (χ4v) is 2.95. The van der Waals surface area contributed by atoms with Gasteiger partial charge in [-0.15, -0.1) is 0 Å². The first-order chi connectivity index (χ1) is 11.7. The molecule has 0 bridgehead atoms. The SMILES string of the molecule is N#CCC(=O)Nc1cc(Cl)c(S(=O)(=O)O)cc1Oc1ccc(Cl)cc1. The van der Waals surface area contributed by atoms with E-state index in [0.717, 1.165) is 12.1 Å². The molecule has 0 fully saturated rings.